The van der Waals surface area contributed by atoms with Crippen LogP contribution >= 0.6 is 0 Å². The number of carboxylic acid groups (broad SMARTS) is 1. The second-order valence-corrected chi connectivity index (χ2v) is 9.11. The van der Waals surface area contributed by atoms with Crippen molar-refractivity contribution in [2.24, 2.45) is 0 Å². The van der Waals surface area contributed by atoms with Crippen LogP contribution in [-0.2, 0) is 21.7 Å². The van der Waals surface area contributed by atoms with Crippen LogP contribution < -0.4 is 5.32 Å². The number of alkyl halides is 3. The largest absolute Gasteiger partial charge is 0.465 e. The lowest BCUT2D eigenvalue weighted by atomic mass is 10.0. The maximum atomic E-state index is 13.6. The second-order valence-electron chi connectivity index (χ2n) is 7.20. The van der Waals surface area contributed by atoms with Crippen LogP contribution in [0.4, 0.5) is 22.4 Å². The molecule has 6 nitrogen and oxygen atoms in total. The molecule has 11 heteroatoms. The summed E-state index contributed by atoms with van der Waals surface area (Å²) in [7, 11) is -3.87. The van der Waals surface area contributed by atoms with E-state index in [4.69, 9.17) is 5.11 Å². The molecule has 0 atom stereocenters. The van der Waals surface area contributed by atoms with Crippen LogP contribution in [0.1, 0.15) is 36.8 Å². The zero-order valence-corrected chi connectivity index (χ0v) is 15.1. The summed E-state index contributed by atoms with van der Waals surface area (Å²) in [6.45, 7) is -0.184. The van der Waals surface area contributed by atoms with Crippen molar-refractivity contribution in [2.75, 3.05) is 12.8 Å². The Morgan fingerprint density at radius 3 is 2.26 bits per heavy atom. The van der Waals surface area contributed by atoms with Crippen molar-refractivity contribution in [1.82, 2.24) is 9.62 Å². The van der Waals surface area contributed by atoms with Gasteiger partial charge in [0.05, 0.1) is 22.9 Å². The number of amides is 1. The van der Waals surface area contributed by atoms with E-state index < -0.39 is 44.8 Å². The monoisotopic (exact) mass is 410 g/mol. The minimum Gasteiger partial charge on any atom is -0.465 e. The molecule has 0 saturated heterocycles. The van der Waals surface area contributed by atoms with Crippen LogP contribution in [0.3, 0.4) is 0 Å². The number of nitrogens with one attached hydrogen (secondary N) is 1. The van der Waals surface area contributed by atoms with Crippen LogP contribution in [-0.4, -0.2) is 42.3 Å². The van der Waals surface area contributed by atoms with Crippen LogP contribution in [0.5, 0.6) is 0 Å². The number of hydrogen-bond acceptors (Lipinski definition) is 3. The third-order valence-electron chi connectivity index (χ3n) is 5.08. The topological polar surface area (TPSA) is 86.7 Å². The van der Waals surface area contributed by atoms with Gasteiger partial charge in [0.1, 0.15) is 5.82 Å². The van der Waals surface area contributed by atoms with Gasteiger partial charge in [-0.15, -0.1) is 0 Å². The molecule has 0 spiro atoms. The summed E-state index contributed by atoms with van der Waals surface area (Å²) in [4.78, 5) is 11.0. The molecular formula is C16H18F4N2O4S. The average Bonchev–Trinajstić information content (AvgIpc) is 3.39. The lowest BCUT2D eigenvalue weighted by Gasteiger charge is -2.33. The summed E-state index contributed by atoms with van der Waals surface area (Å²) < 4.78 is 78.6. The van der Waals surface area contributed by atoms with Gasteiger partial charge in [0, 0.05) is 6.54 Å². The Balaban J connectivity index is 2.00. The molecule has 2 saturated carbocycles. The Morgan fingerprint density at radius 2 is 1.85 bits per heavy atom. The fourth-order valence-corrected chi connectivity index (χ4v) is 4.80. The first-order chi connectivity index (χ1) is 12.3. The minimum absolute atomic E-state index is 0.0489. The summed E-state index contributed by atoms with van der Waals surface area (Å²) in [5.41, 5.74) is -3.58. The molecule has 0 aliphatic heterocycles. The first kappa shape index (κ1) is 19.9. The van der Waals surface area contributed by atoms with Gasteiger partial charge in [0.2, 0.25) is 10.0 Å². The molecule has 2 aliphatic rings. The van der Waals surface area contributed by atoms with E-state index in [9.17, 15) is 30.8 Å². The van der Waals surface area contributed by atoms with Crippen molar-refractivity contribution >= 4 is 16.1 Å². The summed E-state index contributed by atoms with van der Waals surface area (Å²) in [6.07, 6.45) is -3.88. The molecule has 1 aromatic carbocycles. The molecule has 3 rings (SSSR count). The van der Waals surface area contributed by atoms with Crippen LogP contribution in [0.2, 0.25) is 0 Å². The zero-order valence-electron chi connectivity index (χ0n) is 14.3. The lowest BCUT2D eigenvalue weighted by molar-refractivity contribution is -0.140. The van der Waals surface area contributed by atoms with E-state index in [1.807, 2.05) is 0 Å². The van der Waals surface area contributed by atoms with Crippen molar-refractivity contribution in [3.8, 4) is 0 Å². The molecule has 150 valence electrons. The normalized spacial score (nSPS) is 20.4. The second kappa shape index (κ2) is 6.06. The molecule has 0 bridgehead atoms. The third-order valence-corrected chi connectivity index (χ3v) is 6.36. The number of nitrogens with zero attached hydrogens (tertiary/aromatic N) is 1. The van der Waals surface area contributed by atoms with Gasteiger partial charge in [-0.2, -0.15) is 17.5 Å². The highest BCUT2D eigenvalue weighted by Gasteiger charge is 2.58. The number of carbonyl (C=O) groups is 1. The zero-order chi connectivity index (χ0) is 20.3. The Bertz CT molecular complexity index is 877. The summed E-state index contributed by atoms with van der Waals surface area (Å²) in [6, 6.07) is 2.48. The van der Waals surface area contributed by atoms with E-state index in [1.165, 1.54) is 0 Å². The Kier molecular flexibility index (Phi) is 4.46. The van der Waals surface area contributed by atoms with Crippen molar-refractivity contribution in [1.29, 1.82) is 0 Å². The molecule has 2 fully saturated rings. The molecular weight excluding hydrogens is 392 g/mol. The first-order valence-corrected chi connectivity index (χ1v) is 10.0. The lowest BCUT2D eigenvalue weighted by Crippen LogP contribution is -2.50. The highest BCUT2D eigenvalue weighted by molar-refractivity contribution is 7.88. The Morgan fingerprint density at radius 1 is 1.26 bits per heavy atom. The predicted molar refractivity (Wildman–Crippen MR) is 87.0 cm³/mol. The van der Waals surface area contributed by atoms with E-state index >= 15 is 0 Å². The number of halogens is 4. The Hall–Kier alpha value is -1.88. The number of benzene rings is 1. The molecule has 0 unspecified atom stereocenters. The summed E-state index contributed by atoms with van der Waals surface area (Å²) in [5, 5.41) is 11.3. The molecule has 0 heterocycles. The molecule has 27 heavy (non-hydrogen) atoms. The average molecular weight is 410 g/mol. The van der Waals surface area contributed by atoms with Gasteiger partial charge < -0.3 is 10.4 Å². The van der Waals surface area contributed by atoms with Gasteiger partial charge in [-0.3, -0.25) is 0 Å². The van der Waals surface area contributed by atoms with Crippen molar-refractivity contribution in [3.05, 3.63) is 35.1 Å². The quantitative estimate of drug-likeness (QED) is 0.706. The summed E-state index contributed by atoms with van der Waals surface area (Å²) in [5.74, 6) is -1.43. The van der Waals surface area contributed by atoms with Crippen molar-refractivity contribution in [3.63, 3.8) is 0 Å². The first-order valence-electron chi connectivity index (χ1n) is 8.15. The van der Waals surface area contributed by atoms with Crippen LogP contribution in [0.15, 0.2) is 18.2 Å². The van der Waals surface area contributed by atoms with Crippen LogP contribution in [0.25, 0.3) is 0 Å². The number of rotatable bonds is 6. The van der Waals surface area contributed by atoms with E-state index in [0.717, 1.165) is 16.6 Å². The van der Waals surface area contributed by atoms with Crippen LogP contribution in [0, 0.1) is 5.82 Å². The maximum Gasteiger partial charge on any atom is 0.419 e. The SMILES string of the molecule is CS(=O)(=O)N(CC1(NC(=O)O)CC1)C1(c2ccc(F)c(C(F)(F)F)c2)CC1. The van der Waals surface area contributed by atoms with E-state index in [0.29, 0.717) is 25.0 Å². The molecule has 1 aromatic rings. The van der Waals surface area contributed by atoms with E-state index in [1.54, 1.807) is 0 Å². The van der Waals surface area contributed by atoms with Crippen molar-refractivity contribution in [2.45, 2.75) is 42.9 Å². The van der Waals surface area contributed by atoms with E-state index in [2.05, 4.69) is 5.32 Å². The van der Waals surface area contributed by atoms with Gasteiger partial charge in [0.25, 0.3) is 0 Å². The smallest absolute Gasteiger partial charge is 0.419 e. The molecule has 0 aromatic heterocycles. The number of sulfonamides is 1. The predicted octanol–water partition coefficient (Wildman–Crippen LogP) is 2.90. The maximum absolute atomic E-state index is 13.6. The highest BCUT2D eigenvalue weighted by Crippen LogP contribution is 2.54. The third kappa shape index (κ3) is 3.88. The summed E-state index contributed by atoms with van der Waals surface area (Å²) >= 11 is 0. The standard InChI is InChI=1S/C16H18F4N2O4S/c1-27(25,26)22(9-14(4-5-14)21-13(23)24)15(6-7-15)10-2-3-12(17)11(8-10)16(18,19)20/h2-3,8,21H,4-7,9H2,1H3,(H,23,24). The molecule has 2 N–H and O–H groups in total. The van der Waals surface area contributed by atoms with Gasteiger partial charge in [-0.05, 0) is 43.4 Å². The van der Waals surface area contributed by atoms with Gasteiger partial charge in [-0.1, -0.05) is 6.07 Å². The molecule has 2 aliphatic carbocycles. The van der Waals surface area contributed by atoms with Gasteiger partial charge in [0.15, 0.2) is 0 Å². The fourth-order valence-electron chi connectivity index (χ4n) is 3.39. The fraction of sp³-hybridized carbons (Fsp3) is 0.562. The van der Waals surface area contributed by atoms with E-state index in [-0.39, 0.29) is 24.9 Å². The molecule has 1 amide bonds. The van der Waals surface area contributed by atoms with Gasteiger partial charge >= 0.3 is 12.3 Å². The molecule has 0 radical (unpaired) electrons. The van der Waals surface area contributed by atoms with Gasteiger partial charge in [-0.25, -0.2) is 17.6 Å². The number of hydrogen-bond donors (Lipinski definition) is 2. The Labute approximate surface area is 153 Å². The highest BCUT2D eigenvalue weighted by atomic mass is 32.2. The van der Waals surface area contributed by atoms with Crippen molar-refractivity contribution < 1.29 is 35.9 Å². The minimum atomic E-state index is -4.91.